The fraction of sp³-hybridized carbons (Fsp3) is 0.333. The van der Waals surface area contributed by atoms with E-state index in [0.717, 1.165) is 5.75 Å². The largest absolute Gasteiger partial charge is 0.497 e. The zero-order valence-electron chi connectivity index (χ0n) is 13.5. The van der Waals surface area contributed by atoms with Gasteiger partial charge in [-0.2, -0.15) is 0 Å². The SMILES string of the molecule is COc1ccc(C(=O)C2CCN(C(=O)c3cnccn3)CC2)cc1. The molecule has 3 rings (SSSR count). The van der Waals surface area contributed by atoms with E-state index in [1.807, 2.05) is 0 Å². The van der Waals surface area contributed by atoms with E-state index in [1.54, 1.807) is 36.3 Å². The third kappa shape index (κ3) is 3.42. The molecule has 6 nitrogen and oxygen atoms in total. The van der Waals surface area contributed by atoms with Crippen LogP contribution in [-0.2, 0) is 0 Å². The molecule has 2 aromatic rings. The van der Waals surface area contributed by atoms with Gasteiger partial charge in [0.15, 0.2) is 5.78 Å². The minimum atomic E-state index is -0.126. The molecule has 0 atom stereocenters. The smallest absolute Gasteiger partial charge is 0.274 e. The Bertz CT molecular complexity index is 708. The van der Waals surface area contributed by atoms with E-state index in [-0.39, 0.29) is 17.6 Å². The first-order valence-electron chi connectivity index (χ1n) is 7.92. The molecule has 1 aromatic carbocycles. The Kier molecular flexibility index (Phi) is 4.84. The highest BCUT2D eigenvalue weighted by Gasteiger charge is 2.28. The minimum Gasteiger partial charge on any atom is -0.497 e. The molecule has 0 saturated carbocycles. The van der Waals surface area contributed by atoms with Crippen molar-refractivity contribution in [3.8, 4) is 5.75 Å². The number of nitrogens with zero attached hydrogens (tertiary/aromatic N) is 3. The van der Waals surface area contributed by atoms with E-state index in [0.29, 0.717) is 37.2 Å². The van der Waals surface area contributed by atoms with Gasteiger partial charge in [-0.05, 0) is 37.1 Å². The van der Waals surface area contributed by atoms with Crippen LogP contribution in [-0.4, -0.2) is 46.8 Å². The van der Waals surface area contributed by atoms with Crippen LogP contribution in [0.4, 0.5) is 0 Å². The van der Waals surface area contributed by atoms with Crippen molar-refractivity contribution in [1.82, 2.24) is 14.9 Å². The summed E-state index contributed by atoms with van der Waals surface area (Å²) in [4.78, 5) is 34.6. The van der Waals surface area contributed by atoms with Crippen molar-refractivity contribution in [3.05, 3.63) is 54.1 Å². The first kappa shape index (κ1) is 16.1. The van der Waals surface area contributed by atoms with Crippen molar-refractivity contribution < 1.29 is 14.3 Å². The molecule has 1 aliphatic heterocycles. The van der Waals surface area contributed by atoms with Crippen LogP contribution >= 0.6 is 0 Å². The number of rotatable bonds is 4. The monoisotopic (exact) mass is 325 g/mol. The van der Waals surface area contributed by atoms with Gasteiger partial charge in [0.2, 0.25) is 0 Å². The first-order valence-corrected chi connectivity index (χ1v) is 7.92. The van der Waals surface area contributed by atoms with Crippen LogP contribution in [0.2, 0.25) is 0 Å². The number of carbonyl (C=O) groups excluding carboxylic acids is 2. The van der Waals surface area contributed by atoms with E-state index >= 15 is 0 Å². The Morgan fingerprint density at radius 2 is 1.83 bits per heavy atom. The summed E-state index contributed by atoms with van der Waals surface area (Å²) in [6.45, 7) is 1.12. The van der Waals surface area contributed by atoms with Crippen LogP contribution in [0.15, 0.2) is 42.9 Å². The predicted molar refractivity (Wildman–Crippen MR) is 88.0 cm³/mol. The number of Topliss-reactive ketones (excluding diaryl/α,β-unsaturated/α-hetero) is 1. The zero-order valence-corrected chi connectivity index (χ0v) is 13.5. The summed E-state index contributed by atoms with van der Waals surface area (Å²) in [7, 11) is 1.60. The molecular weight excluding hydrogens is 306 g/mol. The highest BCUT2D eigenvalue weighted by Crippen LogP contribution is 2.23. The number of ketones is 1. The second-order valence-corrected chi connectivity index (χ2v) is 5.75. The standard InChI is InChI=1S/C18H19N3O3/c1-24-15-4-2-13(3-5-15)17(22)14-6-10-21(11-7-14)18(23)16-12-19-8-9-20-16/h2-5,8-9,12,14H,6-7,10-11H2,1H3. The molecule has 1 aliphatic rings. The summed E-state index contributed by atoms with van der Waals surface area (Å²) in [5.41, 5.74) is 1.03. The van der Waals surface area contributed by atoms with E-state index < -0.39 is 0 Å². The van der Waals surface area contributed by atoms with Gasteiger partial charge in [-0.25, -0.2) is 4.98 Å². The maximum absolute atomic E-state index is 12.6. The molecule has 0 aliphatic carbocycles. The number of ether oxygens (including phenoxy) is 1. The summed E-state index contributed by atoms with van der Waals surface area (Å²) in [6.07, 6.45) is 5.84. The number of likely N-dealkylation sites (tertiary alicyclic amines) is 1. The van der Waals surface area contributed by atoms with Gasteiger partial charge in [0.1, 0.15) is 11.4 Å². The number of amides is 1. The quantitative estimate of drug-likeness (QED) is 0.806. The molecule has 0 unspecified atom stereocenters. The zero-order chi connectivity index (χ0) is 16.9. The van der Waals surface area contributed by atoms with Crippen molar-refractivity contribution in [1.29, 1.82) is 0 Å². The van der Waals surface area contributed by atoms with Crippen LogP contribution in [0.1, 0.15) is 33.7 Å². The predicted octanol–water partition coefficient (Wildman–Crippen LogP) is 2.22. The highest BCUT2D eigenvalue weighted by molar-refractivity contribution is 5.98. The van der Waals surface area contributed by atoms with Gasteiger partial charge in [0, 0.05) is 37.0 Å². The number of benzene rings is 1. The van der Waals surface area contributed by atoms with Gasteiger partial charge in [-0.15, -0.1) is 0 Å². The fourth-order valence-corrected chi connectivity index (χ4v) is 2.91. The normalized spacial score (nSPS) is 15.1. The first-order chi connectivity index (χ1) is 11.7. The Balaban J connectivity index is 1.60. The Labute approximate surface area is 140 Å². The van der Waals surface area contributed by atoms with Crippen molar-refractivity contribution in [2.45, 2.75) is 12.8 Å². The summed E-state index contributed by atoms with van der Waals surface area (Å²) >= 11 is 0. The van der Waals surface area contributed by atoms with Crippen molar-refractivity contribution in [2.75, 3.05) is 20.2 Å². The van der Waals surface area contributed by atoms with Crippen molar-refractivity contribution in [3.63, 3.8) is 0 Å². The number of hydrogen-bond acceptors (Lipinski definition) is 5. The van der Waals surface area contributed by atoms with E-state index in [1.165, 1.54) is 18.6 Å². The summed E-state index contributed by atoms with van der Waals surface area (Å²) in [5.74, 6) is 0.683. The van der Waals surface area contributed by atoms with Crippen LogP contribution in [0.5, 0.6) is 5.75 Å². The maximum atomic E-state index is 12.6. The second kappa shape index (κ2) is 7.21. The third-order valence-corrected chi connectivity index (χ3v) is 4.31. The van der Waals surface area contributed by atoms with Crippen LogP contribution < -0.4 is 4.74 Å². The third-order valence-electron chi connectivity index (χ3n) is 4.31. The summed E-state index contributed by atoms with van der Waals surface area (Å²) in [5, 5.41) is 0. The molecular formula is C18H19N3O3. The van der Waals surface area contributed by atoms with Crippen LogP contribution in [0.3, 0.4) is 0 Å². The van der Waals surface area contributed by atoms with Crippen LogP contribution in [0, 0.1) is 5.92 Å². The molecule has 1 amide bonds. The van der Waals surface area contributed by atoms with Gasteiger partial charge in [-0.1, -0.05) is 0 Å². The summed E-state index contributed by atoms with van der Waals surface area (Å²) in [6, 6.07) is 7.16. The van der Waals surface area contributed by atoms with Crippen molar-refractivity contribution in [2.24, 2.45) is 5.92 Å². The lowest BCUT2D eigenvalue weighted by molar-refractivity contribution is 0.0645. The van der Waals surface area contributed by atoms with Gasteiger partial charge in [0.25, 0.3) is 5.91 Å². The topological polar surface area (TPSA) is 72.4 Å². The maximum Gasteiger partial charge on any atom is 0.274 e. The number of aromatic nitrogens is 2. The fourth-order valence-electron chi connectivity index (χ4n) is 2.91. The van der Waals surface area contributed by atoms with E-state index in [9.17, 15) is 9.59 Å². The van der Waals surface area contributed by atoms with Crippen molar-refractivity contribution >= 4 is 11.7 Å². The molecule has 1 aromatic heterocycles. The highest BCUT2D eigenvalue weighted by atomic mass is 16.5. The second-order valence-electron chi connectivity index (χ2n) is 5.75. The molecule has 1 saturated heterocycles. The Morgan fingerprint density at radius 1 is 1.12 bits per heavy atom. The lowest BCUT2D eigenvalue weighted by Crippen LogP contribution is -2.40. The summed E-state index contributed by atoms with van der Waals surface area (Å²) < 4.78 is 5.11. The minimum absolute atomic E-state index is 0.0516. The van der Waals surface area contributed by atoms with E-state index in [4.69, 9.17) is 4.74 Å². The number of piperidine rings is 1. The number of carbonyl (C=O) groups is 2. The molecule has 1 fully saturated rings. The molecule has 0 spiro atoms. The Hall–Kier alpha value is -2.76. The van der Waals surface area contributed by atoms with Crippen LogP contribution in [0.25, 0.3) is 0 Å². The molecule has 24 heavy (non-hydrogen) atoms. The molecule has 0 radical (unpaired) electrons. The molecule has 2 heterocycles. The van der Waals surface area contributed by atoms with E-state index in [2.05, 4.69) is 9.97 Å². The lowest BCUT2D eigenvalue weighted by Gasteiger charge is -2.31. The van der Waals surface area contributed by atoms with Gasteiger partial charge in [-0.3, -0.25) is 14.6 Å². The molecule has 0 N–H and O–H groups in total. The molecule has 124 valence electrons. The molecule has 6 heteroatoms. The average Bonchev–Trinajstić information content (AvgIpc) is 2.68. The van der Waals surface area contributed by atoms with Gasteiger partial charge >= 0.3 is 0 Å². The van der Waals surface area contributed by atoms with Gasteiger partial charge < -0.3 is 9.64 Å². The number of methoxy groups -OCH3 is 1. The molecule has 0 bridgehead atoms. The average molecular weight is 325 g/mol. The Morgan fingerprint density at radius 3 is 2.42 bits per heavy atom. The van der Waals surface area contributed by atoms with Gasteiger partial charge in [0.05, 0.1) is 13.3 Å². The lowest BCUT2D eigenvalue weighted by atomic mass is 9.89. The number of hydrogen-bond donors (Lipinski definition) is 0.